The van der Waals surface area contributed by atoms with Crippen molar-refractivity contribution in [1.82, 2.24) is 0 Å². The van der Waals surface area contributed by atoms with E-state index in [-0.39, 0.29) is 18.7 Å². The summed E-state index contributed by atoms with van der Waals surface area (Å²) in [6, 6.07) is 0.275. The summed E-state index contributed by atoms with van der Waals surface area (Å²) in [4.78, 5) is 0. The Labute approximate surface area is 69.2 Å². The van der Waals surface area contributed by atoms with E-state index in [0.717, 1.165) is 12.7 Å². The first-order valence-electron chi connectivity index (χ1n) is 4.37. The van der Waals surface area contributed by atoms with Crippen molar-refractivity contribution in [1.29, 1.82) is 0 Å². The van der Waals surface area contributed by atoms with Crippen LogP contribution in [0, 0.1) is 5.92 Å². The summed E-state index contributed by atoms with van der Waals surface area (Å²) < 4.78 is 5.56. The fourth-order valence-electron chi connectivity index (χ4n) is 1.60. The zero-order valence-electron chi connectivity index (χ0n) is 7.29. The van der Waals surface area contributed by atoms with Gasteiger partial charge >= 0.3 is 0 Å². The lowest BCUT2D eigenvalue weighted by Crippen LogP contribution is -2.22. The molecule has 1 radical (unpaired) electrons. The highest BCUT2D eigenvalue weighted by atomic mass is 16.5. The monoisotopic (exact) mass is 155 g/mol. The second kappa shape index (κ2) is 4.12. The maximum atomic E-state index is 8.83. The molecule has 1 aliphatic rings. The highest BCUT2D eigenvalue weighted by Crippen LogP contribution is 2.25. The quantitative estimate of drug-likeness (QED) is 0.612. The van der Waals surface area contributed by atoms with Gasteiger partial charge in [0.1, 0.15) is 7.28 Å². The highest BCUT2D eigenvalue weighted by Gasteiger charge is 2.30. The summed E-state index contributed by atoms with van der Waals surface area (Å²) in [5, 5.41) is 8.83. The molecule has 11 heavy (non-hydrogen) atoms. The Morgan fingerprint density at radius 3 is 2.82 bits per heavy atom. The van der Waals surface area contributed by atoms with Crippen LogP contribution in [0.4, 0.5) is 0 Å². The predicted molar refractivity (Wildman–Crippen MR) is 45.8 cm³/mol. The Morgan fingerprint density at radius 1 is 1.64 bits per heavy atom. The van der Waals surface area contributed by atoms with Gasteiger partial charge in [0.2, 0.25) is 0 Å². The average Bonchev–Trinajstić information content (AvgIpc) is 2.33. The summed E-state index contributed by atoms with van der Waals surface area (Å²) in [6.45, 7) is 4.45. The van der Waals surface area contributed by atoms with E-state index in [1.165, 1.54) is 0 Å². The topological polar surface area (TPSA) is 29.5 Å². The largest absolute Gasteiger partial charge is 0.394 e. The SMILES string of the molecule is CC[B]C1OC(CO)CC1C. The zero-order valence-corrected chi connectivity index (χ0v) is 7.29. The minimum atomic E-state index is 0.0813. The Balaban J connectivity index is 2.32. The molecule has 0 aromatic heterocycles. The van der Waals surface area contributed by atoms with Gasteiger partial charge in [-0.15, -0.1) is 0 Å². The highest BCUT2D eigenvalue weighted by molar-refractivity contribution is 6.37. The van der Waals surface area contributed by atoms with Crippen LogP contribution in [-0.2, 0) is 4.74 Å². The van der Waals surface area contributed by atoms with Crippen molar-refractivity contribution >= 4 is 7.28 Å². The van der Waals surface area contributed by atoms with Gasteiger partial charge in [-0.25, -0.2) is 0 Å². The second-order valence-electron chi connectivity index (χ2n) is 3.26. The summed E-state index contributed by atoms with van der Waals surface area (Å²) in [5.41, 5.74) is 0. The minimum Gasteiger partial charge on any atom is -0.394 e. The predicted octanol–water partition coefficient (Wildman–Crippen LogP) is 0.872. The standard InChI is InChI=1S/C8H16BO2/c1-3-9-8-6(2)4-7(5-10)11-8/h6-8,10H,3-5H2,1-2H3. The molecule has 3 heteroatoms. The molecule has 2 nitrogen and oxygen atoms in total. The van der Waals surface area contributed by atoms with Crippen LogP contribution >= 0.6 is 0 Å². The van der Waals surface area contributed by atoms with Crippen LogP contribution in [0.1, 0.15) is 20.3 Å². The first kappa shape index (κ1) is 9.08. The molecule has 3 atom stereocenters. The number of aliphatic hydroxyl groups is 1. The van der Waals surface area contributed by atoms with E-state index in [1.807, 2.05) is 0 Å². The van der Waals surface area contributed by atoms with Crippen molar-refractivity contribution in [2.75, 3.05) is 6.61 Å². The maximum absolute atomic E-state index is 8.83. The molecule has 0 amide bonds. The molecule has 1 fully saturated rings. The molecule has 0 aliphatic carbocycles. The lowest BCUT2D eigenvalue weighted by molar-refractivity contribution is 0.0390. The Kier molecular flexibility index (Phi) is 3.40. The fourth-order valence-corrected chi connectivity index (χ4v) is 1.60. The third-order valence-corrected chi connectivity index (χ3v) is 2.22. The molecule has 0 aromatic carbocycles. The molecule has 1 heterocycles. The van der Waals surface area contributed by atoms with Crippen LogP contribution in [-0.4, -0.2) is 31.1 Å². The normalized spacial score (nSPS) is 37.5. The molecular weight excluding hydrogens is 139 g/mol. The number of hydrogen-bond donors (Lipinski definition) is 1. The van der Waals surface area contributed by atoms with Crippen LogP contribution in [0.2, 0.25) is 6.32 Å². The van der Waals surface area contributed by atoms with Crippen LogP contribution in [0.3, 0.4) is 0 Å². The Bertz CT molecular complexity index is 119. The van der Waals surface area contributed by atoms with Crippen LogP contribution in [0.25, 0.3) is 0 Å². The number of rotatable bonds is 3. The summed E-state index contributed by atoms with van der Waals surface area (Å²) in [6.07, 6.45) is 2.13. The molecule has 0 bridgehead atoms. The van der Waals surface area contributed by atoms with Crippen molar-refractivity contribution in [3.05, 3.63) is 0 Å². The third-order valence-electron chi connectivity index (χ3n) is 2.22. The van der Waals surface area contributed by atoms with Gasteiger partial charge in [0.15, 0.2) is 0 Å². The van der Waals surface area contributed by atoms with E-state index < -0.39 is 0 Å². The molecular formula is C8H16BO2. The first-order chi connectivity index (χ1) is 5.27. The van der Waals surface area contributed by atoms with E-state index in [9.17, 15) is 0 Å². The molecule has 0 aromatic rings. The molecule has 63 valence electrons. The number of ether oxygens (including phenoxy) is 1. The smallest absolute Gasteiger partial charge is 0.149 e. The molecule has 0 spiro atoms. The van der Waals surface area contributed by atoms with Gasteiger partial charge in [-0.2, -0.15) is 0 Å². The van der Waals surface area contributed by atoms with Crippen molar-refractivity contribution in [3.63, 3.8) is 0 Å². The number of hydrogen-bond acceptors (Lipinski definition) is 2. The van der Waals surface area contributed by atoms with E-state index in [2.05, 4.69) is 21.1 Å². The molecule has 0 saturated carbocycles. The van der Waals surface area contributed by atoms with Crippen molar-refractivity contribution < 1.29 is 9.84 Å². The van der Waals surface area contributed by atoms with Crippen molar-refractivity contribution in [2.24, 2.45) is 5.92 Å². The van der Waals surface area contributed by atoms with Gasteiger partial charge < -0.3 is 9.84 Å². The van der Waals surface area contributed by atoms with Crippen molar-refractivity contribution in [3.8, 4) is 0 Å². The molecule has 3 unspecified atom stereocenters. The summed E-state index contributed by atoms with van der Waals surface area (Å²) >= 11 is 0. The van der Waals surface area contributed by atoms with Gasteiger partial charge in [-0.05, 0) is 12.3 Å². The lowest BCUT2D eigenvalue weighted by Gasteiger charge is -2.12. The molecule has 1 saturated heterocycles. The molecule has 1 N–H and O–H groups in total. The third kappa shape index (κ3) is 2.21. The zero-order chi connectivity index (χ0) is 8.27. The van der Waals surface area contributed by atoms with Crippen molar-refractivity contribution in [2.45, 2.75) is 38.7 Å². The maximum Gasteiger partial charge on any atom is 0.149 e. The van der Waals surface area contributed by atoms with E-state index >= 15 is 0 Å². The lowest BCUT2D eigenvalue weighted by atomic mass is 9.65. The van der Waals surface area contributed by atoms with E-state index in [0.29, 0.717) is 5.92 Å². The number of aliphatic hydroxyl groups excluding tert-OH is 1. The van der Waals surface area contributed by atoms with Crippen LogP contribution in [0.5, 0.6) is 0 Å². The Hall–Kier alpha value is -0.0151. The summed E-state index contributed by atoms with van der Waals surface area (Å²) in [5.74, 6) is 0.576. The minimum absolute atomic E-state index is 0.0813. The molecule has 1 aliphatic heterocycles. The first-order valence-corrected chi connectivity index (χ1v) is 4.37. The molecule has 1 rings (SSSR count). The van der Waals surface area contributed by atoms with Gasteiger partial charge in [0.05, 0.1) is 12.7 Å². The van der Waals surface area contributed by atoms with E-state index in [1.54, 1.807) is 0 Å². The van der Waals surface area contributed by atoms with Gasteiger partial charge in [0.25, 0.3) is 0 Å². The van der Waals surface area contributed by atoms with E-state index in [4.69, 9.17) is 9.84 Å². The fraction of sp³-hybridized carbons (Fsp3) is 1.00. The van der Waals surface area contributed by atoms with Gasteiger partial charge in [0, 0.05) is 6.00 Å². The average molecular weight is 155 g/mol. The van der Waals surface area contributed by atoms with Crippen LogP contribution < -0.4 is 0 Å². The van der Waals surface area contributed by atoms with Gasteiger partial charge in [-0.1, -0.05) is 20.2 Å². The second-order valence-corrected chi connectivity index (χ2v) is 3.26. The summed E-state index contributed by atoms with van der Waals surface area (Å²) in [7, 11) is 2.18. The Morgan fingerprint density at radius 2 is 2.36 bits per heavy atom. The van der Waals surface area contributed by atoms with Crippen LogP contribution in [0.15, 0.2) is 0 Å². The van der Waals surface area contributed by atoms with Gasteiger partial charge in [-0.3, -0.25) is 0 Å².